The number of carbonyl (C=O) groups excluding carboxylic acids is 1. The molecule has 3 aliphatic rings. The zero-order valence-electron chi connectivity index (χ0n) is 12.7. The van der Waals surface area contributed by atoms with E-state index in [9.17, 15) is 4.79 Å². The molecule has 2 fully saturated rings. The second-order valence-corrected chi connectivity index (χ2v) is 6.80. The quantitative estimate of drug-likeness (QED) is 0.571. The van der Waals surface area contributed by atoms with E-state index in [1.54, 1.807) is 5.57 Å². The summed E-state index contributed by atoms with van der Waals surface area (Å²) in [5, 5.41) is 0. The number of carbonyl (C=O) groups is 1. The van der Waals surface area contributed by atoms with Crippen LogP contribution in [-0.4, -0.2) is 24.8 Å². The minimum absolute atomic E-state index is 0.147. The molecule has 0 aromatic carbocycles. The zero-order chi connectivity index (χ0) is 14.2. The van der Waals surface area contributed by atoms with Crippen molar-refractivity contribution in [3.8, 4) is 0 Å². The molecule has 1 saturated carbocycles. The van der Waals surface area contributed by atoms with Crippen LogP contribution >= 0.6 is 0 Å². The summed E-state index contributed by atoms with van der Waals surface area (Å²) in [4.78, 5) is 11.8. The molecule has 1 aliphatic heterocycles. The van der Waals surface area contributed by atoms with Crippen LogP contribution in [0.3, 0.4) is 0 Å². The fraction of sp³-hybridized carbons (Fsp3) is 0.824. The van der Waals surface area contributed by atoms with Crippen LogP contribution in [0.1, 0.15) is 58.3 Å². The first kappa shape index (κ1) is 14.1. The summed E-state index contributed by atoms with van der Waals surface area (Å²) in [6, 6.07) is 0. The molecule has 20 heavy (non-hydrogen) atoms. The maximum atomic E-state index is 11.8. The fourth-order valence-electron chi connectivity index (χ4n) is 4.54. The highest BCUT2D eigenvalue weighted by molar-refractivity contribution is 5.70. The van der Waals surface area contributed by atoms with Crippen LogP contribution in [0.5, 0.6) is 0 Å². The van der Waals surface area contributed by atoms with Crippen LogP contribution in [0.2, 0.25) is 0 Å². The maximum absolute atomic E-state index is 11.8. The highest BCUT2D eigenvalue weighted by Crippen LogP contribution is 2.51. The highest BCUT2D eigenvalue weighted by Gasteiger charge is 2.50. The molecule has 0 bridgehead atoms. The third-order valence-electron chi connectivity index (χ3n) is 5.49. The zero-order valence-corrected chi connectivity index (χ0v) is 12.7. The van der Waals surface area contributed by atoms with Gasteiger partial charge in [0.25, 0.3) is 0 Å². The first-order valence-corrected chi connectivity index (χ1v) is 8.08. The lowest BCUT2D eigenvalue weighted by Gasteiger charge is -2.52. The molecule has 2 aliphatic carbocycles. The van der Waals surface area contributed by atoms with Crippen molar-refractivity contribution in [2.75, 3.05) is 7.11 Å². The van der Waals surface area contributed by atoms with Gasteiger partial charge in [0.05, 0.1) is 25.2 Å². The molecule has 0 aromatic rings. The second kappa shape index (κ2) is 5.51. The summed E-state index contributed by atoms with van der Waals surface area (Å²) in [6.07, 6.45) is 11.7. The van der Waals surface area contributed by atoms with Crippen molar-refractivity contribution < 1.29 is 14.3 Å². The molecule has 112 valence electrons. The van der Waals surface area contributed by atoms with Gasteiger partial charge in [-0.1, -0.05) is 24.5 Å². The first-order chi connectivity index (χ1) is 9.64. The average molecular weight is 278 g/mol. The van der Waals surface area contributed by atoms with E-state index in [1.165, 1.54) is 39.2 Å². The minimum atomic E-state index is -0.363. The molecule has 0 N–H and O–H groups in total. The second-order valence-electron chi connectivity index (χ2n) is 6.80. The lowest BCUT2D eigenvalue weighted by Crippen LogP contribution is -2.53. The lowest BCUT2D eigenvalue weighted by atomic mass is 9.64. The van der Waals surface area contributed by atoms with Crippen LogP contribution < -0.4 is 0 Å². The molecule has 0 spiro atoms. The number of esters is 1. The van der Waals surface area contributed by atoms with E-state index in [-0.39, 0.29) is 11.6 Å². The van der Waals surface area contributed by atoms with Gasteiger partial charge in [-0.15, -0.1) is 0 Å². The van der Waals surface area contributed by atoms with Gasteiger partial charge in [-0.05, 0) is 39.0 Å². The van der Waals surface area contributed by atoms with Crippen LogP contribution in [-0.2, 0) is 14.3 Å². The SMILES string of the molecule is COC(=O)C[C@@]1(C)O[C@@H]2CCCC[C@@H]2C2=CCCC[C@H]21. The van der Waals surface area contributed by atoms with Crippen molar-refractivity contribution in [2.24, 2.45) is 11.8 Å². The molecule has 0 unspecified atom stereocenters. The molecule has 0 aromatic heterocycles. The van der Waals surface area contributed by atoms with Crippen LogP contribution in [0.25, 0.3) is 0 Å². The molecule has 3 rings (SSSR count). The topological polar surface area (TPSA) is 35.5 Å². The summed E-state index contributed by atoms with van der Waals surface area (Å²) in [5.41, 5.74) is 1.23. The van der Waals surface area contributed by atoms with Crippen LogP contribution in [0.4, 0.5) is 0 Å². The molecular weight excluding hydrogens is 252 g/mol. The Labute approximate surface area is 121 Å². The van der Waals surface area contributed by atoms with E-state index >= 15 is 0 Å². The van der Waals surface area contributed by atoms with Gasteiger partial charge in [-0.2, -0.15) is 0 Å². The standard InChI is InChI=1S/C17H26O3/c1-17(11-16(18)19-2)14-9-5-3-7-12(14)13-8-4-6-10-15(13)20-17/h7,13-15H,3-6,8-11H2,1-2H3/t13-,14-,15-,17-/m1/s1. The summed E-state index contributed by atoms with van der Waals surface area (Å²) in [5.74, 6) is 0.876. The van der Waals surface area contributed by atoms with Crippen LogP contribution in [0, 0.1) is 11.8 Å². The Balaban J connectivity index is 1.89. The van der Waals surface area contributed by atoms with Gasteiger partial charge < -0.3 is 9.47 Å². The fourth-order valence-corrected chi connectivity index (χ4v) is 4.54. The number of fused-ring (bicyclic) bond motifs is 3. The molecule has 1 saturated heterocycles. The minimum Gasteiger partial charge on any atom is -0.469 e. The Kier molecular flexibility index (Phi) is 3.89. The van der Waals surface area contributed by atoms with Crippen molar-refractivity contribution in [1.29, 1.82) is 0 Å². The summed E-state index contributed by atoms with van der Waals surface area (Å²) < 4.78 is 11.4. The number of methoxy groups -OCH3 is 1. The Morgan fingerprint density at radius 2 is 2.15 bits per heavy atom. The predicted molar refractivity (Wildman–Crippen MR) is 77.3 cm³/mol. The van der Waals surface area contributed by atoms with Crippen molar-refractivity contribution in [3.05, 3.63) is 11.6 Å². The molecule has 3 nitrogen and oxygen atoms in total. The average Bonchev–Trinajstić information content (AvgIpc) is 2.47. The van der Waals surface area contributed by atoms with Crippen molar-refractivity contribution in [2.45, 2.75) is 70.0 Å². The van der Waals surface area contributed by atoms with Crippen molar-refractivity contribution in [3.63, 3.8) is 0 Å². The van der Waals surface area contributed by atoms with Crippen molar-refractivity contribution >= 4 is 5.97 Å². The number of hydrogen-bond donors (Lipinski definition) is 0. The third-order valence-corrected chi connectivity index (χ3v) is 5.49. The maximum Gasteiger partial charge on any atom is 0.308 e. The molecule has 1 heterocycles. The summed E-state index contributed by atoms with van der Waals surface area (Å²) >= 11 is 0. The molecule has 3 heteroatoms. The van der Waals surface area contributed by atoms with Gasteiger partial charge in [-0.3, -0.25) is 4.79 Å². The van der Waals surface area contributed by atoms with Gasteiger partial charge in [0.1, 0.15) is 0 Å². The van der Waals surface area contributed by atoms with E-state index in [0.717, 1.165) is 12.8 Å². The Hall–Kier alpha value is -0.830. The number of allylic oxidation sites excluding steroid dienone is 1. The summed E-state index contributed by atoms with van der Waals surface area (Å²) in [6.45, 7) is 2.12. The van der Waals surface area contributed by atoms with Crippen molar-refractivity contribution in [1.82, 2.24) is 0 Å². The van der Waals surface area contributed by atoms with E-state index < -0.39 is 0 Å². The Bertz CT molecular complexity index is 414. The third kappa shape index (κ3) is 2.41. The monoisotopic (exact) mass is 278 g/mol. The summed E-state index contributed by atoms with van der Waals surface area (Å²) in [7, 11) is 1.47. The van der Waals surface area contributed by atoms with E-state index in [1.807, 2.05) is 0 Å². The van der Waals surface area contributed by atoms with Gasteiger partial charge >= 0.3 is 5.97 Å². The Morgan fingerprint density at radius 3 is 2.95 bits per heavy atom. The van der Waals surface area contributed by atoms with Gasteiger partial charge in [0.15, 0.2) is 0 Å². The molecular formula is C17H26O3. The molecule has 0 amide bonds. The number of hydrogen-bond acceptors (Lipinski definition) is 3. The number of ether oxygens (including phenoxy) is 2. The Morgan fingerprint density at radius 1 is 1.35 bits per heavy atom. The molecule has 4 atom stereocenters. The van der Waals surface area contributed by atoms with Gasteiger partial charge in [-0.25, -0.2) is 0 Å². The largest absolute Gasteiger partial charge is 0.469 e. The number of rotatable bonds is 2. The van der Waals surface area contributed by atoms with E-state index in [4.69, 9.17) is 9.47 Å². The van der Waals surface area contributed by atoms with E-state index in [2.05, 4.69) is 13.0 Å². The lowest BCUT2D eigenvalue weighted by molar-refractivity contribution is -0.181. The smallest absolute Gasteiger partial charge is 0.308 e. The van der Waals surface area contributed by atoms with E-state index in [0.29, 0.717) is 24.4 Å². The molecule has 0 radical (unpaired) electrons. The predicted octanol–water partition coefficient (Wildman–Crippen LogP) is 3.62. The first-order valence-electron chi connectivity index (χ1n) is 8.08. The van der Waals surface area contributed by atoms with Gasteiger partial charge in [0, 0.05) is 11.8 Å². The van der Waals surface area contributed by atoms with Gasteiger partial charge in [0.2, 0.25) is 0 Å². The van der Waals surface area contributed by atoms with Crippen LogP contribution in [0.15, 0.2) is 11.6 Å². The normalized spacial score (nSPS) is 40.3. The highest BCUT2D eigenvalue weighted by atomic mass is 16.5.